The molecule has 0 aliphatic rings. The minimum absolute atomic E-state index is 0.263. The monoisotopic (exact) mass is 429 g/mol. The van der Waals surface area contributed by atoms with E-state index < -0.39 is 0 Å². The average Bonchev–Trinajstić information content (AvgIpc) is 3.43. The topological polar surface area (TPSA) is 22.2 Å². The molecule has 0 amide bonds. The van der Waals surface area contributed by atoms with Crippen LogP contribution in [0.1, 0.15) is 0 Å². The lowest BCUT2D eigenvalue weighted by Gasteiger charge is -2.09. The second-order valence-electron chi connectivity index (χ2n) is 7.90. The number of hydrogen-bond donors (Lipinski definition) is 0. The van der Waals surface area contributed by atoms with Gasteiger partial charge in [0.25, 0.3) is 0 Å². The predicted molar refractivity (Wildman–Crippen MR) is 131 cm³/mol. The molecule has 0 fully saturated rings. The molecule has 0 atom stereocenters. The van der Waals surface area contributed by atoms with Gasteiger partial charge in [0.15, 0.2) is 0 Å². The fourth-order valence-electron chi connectivity index (χ4n) is 4.32. The highest BCUT2D eigenvalue weighted by molar-refractivity contribution is 5.83. The standard InChI is InChI=1S/C29H20FN3/c30-24-16-18-25(19-17-24)33-26(21-10-4-1-5-11-21)20-32-28(23-14-8-3-9-15-23)27(31-29(32)33)22-12-6-2-7-13-22/h1-20H. The maximum atomic E-state index is 13.7. The highest BCUT2D eigenvalue weighted by Crippen LogP contribution is 2.36. The van der Waals surface area contributed by atoms with E-state index in [4.69, 9.17) is 4.98 Å². The van der Waals surface area contributed by atoms with Crippen LogP contribution in [0.25, 0.3) is 45.2 Å². The van der Waals surface area contributed by atoms with Gasteiger partial charge >= 0.3 is 0 Å². The summed E-state index contributed by atoms with van der Waals surface area (Å²) in [5.74, 6) is 0.514. The number of imidazole rings is 2. The molecule has 0 aliphatic heterocycles. The predicted octanol–water partition coefficient (Wildman–Crippen LogP) is 7.27. The Morgan fingerprint density at radius 2 is 1.12 bits per heavy atom. The van der Waals surface area contributed by atoms with Crippen LogP contribution in [0.4, 0.5) is 4.39 Å². The Labute approximate surface area is 191 Å². The molecule has 0 unspecified atom stereocenters. The molecule has 0 bridgehead atoms. The summed E-state index contributed by atoms with van der Waals surface area (Å²) < 4.78 is 18.0. The molecule has 3 nitrogen and oxygen atoms in total. The van der Waals surface area contributed by atoms with Crippen LogP contribution in [0.2, 0.25) is 0 Å². The van der Waals surface area contributed by atoms with Gasteiger partial charge in [0.1, 0.15) is 5.82 Å². The van der Waals surface area contributed by atoms with Gasteiger partial charge in [0.2, 0.25) is 5.78 Å². The molecule has 0 saturated heterocycles. The molecule has 0 aliphatic carbocycles. The number of benzene rings is 4. The molecular weight excluding hydrogens is 409 g/mol. The van der Waals surface area contributed by atoms with Crippen molar-refractivity contribution in [3.05, 3.63) is 127 Å². The van der Waals surface area contributed by atoms with E-state index >= 15 is 0 Å². The summed E-state index contributed by atoms with van der Waals surface area (Å²) in [4.78, 5) is 5.14. The van der Waals surface area contributed by atoms with Gasteiger partial charge in [-0.25, -0.2) is 9.37 Å². The fourth-order valence-corrected chi connectivity index (χ4v) is 4.32. The van der Waals surface area contributed by atoms with Crippen LogP contribution < -0.4 is 0 Å². The first kappa shape index (κ1) is 19.3. The van der Waals surface area contributed by atoms with Crippen LogP contribution in [-0.2, 0) is 0 Å². The second-order valence-corrected chi connectivity index (χ2v) is 7.90. The summed E-state index contributed by atoms with van der Waals surface area (Å²) >= 11 is 0. The molecule has 6 rings (SSSR count). The Morgan fingerprint density at radius 3 is 1.73 bits per heavy atom. The van der Waals surface area contributed by atoms with E-state index in [9.17, 15) is 4.39 Å². The largest absolute Gasteiger partial charge is 0.282 e. The highest BCUT2D eigenvalue weighted by Gasteiger charge is 2.22. The first-order chi connectivity index (χ1) is 16.3. The maximum absolute atomic E-state index is 13.7. The summed E-state index contributed by atoms with van der Waals surface area (Å²) in [6, 6.07) is 37.3. The third kappa shape index (κ3) is 3.33. The Hall–Kier alpha value is -4.44. The highest BCUT2D eigenvalue weighted by atomic mass is 19.1. The van der Waals surface area contributed by atoms with E-state index in [1.165, 1.54) is 12.1 Å². The van der Waals surface area contributed by atoms with E-state index in [0.717, 1.165) is 45.2 Å². The number of nitrogens with zero attached hydrogens (tertiary/aromatic N) is 3. The molecule has 4 heteroatoms. The van der Waals surface area contributed by atoms with Crippen molar-refractivity contribution in [2.45, 2.75) is 0 Å². The zero-order valence-electron chi connectivity index (χ0n) is 17.8. The van der Waals surface area contributed by atoms with Crippen LogP contribution in [-0.4, -0.2) is 14.0 Å². The SMILES string of the molecule is Fc1ccc(-n2c(-c3ccccc3)cn3c(-c4ccccc4)c(-c4ccccc4)nc23)cc1. The number of fused-ring (bicyclic) bond motifs is 1. The van der Waals surface area contributed by atoms with E-state index in [1.807, 2.05) is 54.6 Å². The maximum Gasteiger partial charge on any atom is 0.220 e. The average molecular weight is 429 g/mol. The summed E-state index contributed by atoms with van der Waals surface area (Å²) in [6.45, 7) is 0. The quantitative estimate of drug-likeness (QED) is 0.289. The lowest BCUT2D eigenvalue weighted by Crippen LogP contribution is -1.98. The zero-order chi connectivity index (χ0) is 22.2. The number of rotatable bonds is 4. The van der Waals surface area contributed by atoms with Crippen molar-refractivity contribution in [3.63, 3.8) is 0 Å². The van der Waals surface area contributed by atoms with Crippen molar-refractivity contribution in [1.82, 2.24) is 14.0 Å². The van der Waals surface area contributed by atoms with Crippen LogP contribution >= 0.6 is 0 Å². The first-order valence-corrected chi connectivity index (χ1v) is 10.9. The van der Waals surface area contributed by atoms with E-state index in [-0.39, 0.29) is 5.82 Å². The summed E-state index contributed by atoms with van der Waals surface area (Å²) in [5.41, 5.74) is 6.97. The minimum atomic E-state index is -0.263. The van der Waals surface area contributed by atoms with Crippen LogP contribution in [0.15, 0.2) is 121 Å². The van der Waals surface area contributed by atoms with Crippen molar-refractivity contribution in [2.75, 3.05) is 0 Å². The van der Waals surface area contributed by atoms with Gasteiger partial charge in [-0.15, -0.1) is 0 Å². The van der Waals surface area contributed by atoms with Gasteiger partial charge in [-0.1, -0.05) is 91.0 Å². The second kappa shape index (κ2) is 7.92. The third-order valence-electron chi connectivity index (χ3n) is 5.83. The number of hydrogen-bond acceptors (Lipinski definition) is 1. The molecule has 6 aromatic rings. The van der Waals surface area contributed by atoms with Crippen molar-refractivity contribution in [1.29, 1.82) is 0 Å². The first-order valence-electron chi connectivity index (χ1n) is 10.9. The molecular formula is C29H20FN3. The van der Waals surface area contributed by atoms with E-state index in [2.05, 4.69) is 51.6 Å². The molecule has 4 aromatic carbocycles. The lowest BCUT2D eigenvalue weighted by molar-refractivity contribution is 0.627. The molecule has 0 radical (unpaired) electrons. The van der Waals surface area contributed by atoms with Gasteiger partial charge in [-0.2, -0.15) is 0 Å². The van der Waals surface area contributed by atoms with Gasteiger partial charge in [-0.05, 0) is 24.3 Å². The lowest BCUT2D eigenvalue weighted by atomic mass is 10.0. The van der Waals surface area contributed by atoms with Gasteiger partial charge in [0, 0.05) is 28.6 Å². The molecule has 0 N–H and O–H groups in total. The van der Waals surface area contributed by atoms with Crippen molar-refractivity contribution in [3.8, 4) is 39.5 Å². The van der Waals surface area contributed by atoms with Crippen molar-refractivity contribution >= 4 is 5.78 Å². The Balaban J connectivity index is 1.72. The summed E-state index contributed by atoms with van der Waals surface area (Å²) in [5, 5.41) is 0. The van der Waals surface area contributed by atoms with Crippen molar-refractivity contribution < 1.29 is 4.39 Å². The van der Waals surface area contributed by atoms with Crippen LogP contribution in [0.5, 0.6) is 0 Å². The normalized spacial score (nSPS) is 11.2. The van der Waals surface area contributed by atoms with Gasteiger partial charge in [-0.3, -0.25) is 8.97 Å². The molecule has 33 heavy (non-hydrogen) atoms. The van der Waals surface area contributed by atoms with E-state index in [1.54, 1.807) is 12.1 Å². The van der Waals surface area contributed by atoms with E-state index in [0.29, 0.717) is 0 Å². The number of aromatic nitrogens is 3. The van der Waals surface area contributed by atoms with Crippen LogP contribution in [0.3, 0.4) is 0 Å². The van der Waals surface area contributed by atoms with Gasteiger partial charge in [0.05, 0.1) is 17.1 Å². The van der Waals surface area contributed by atoms with Crippen LogP contribution in [0, 0.1) is 5.82 Å². The summed E-state index contributed by atoms with van der Waals surface area (Å²) in [6.07, 6.45) is 2.12. The minimum Gasteiger partial charge on any atom is -0.282 e. The molecule has 0 spiro atoms. The fraction of sp³-hybridized carbons (Fsp3) is 0. The Morgan fingerprint density at radius 1 is 0.576 bits per heavy atom. The smallest absolute Gasteiger partial charge is 0.220 e. The molecule has 0 saturated carbocycles. The molecule has 158 valence electrons. The summed E-state index contributed by atoms with van der Waals surface area (Å²) in [7, 11) is 0. The molecule has 2 aromatic heterocycles. The zero-order valence-corrected chi connectivity index (χ0v) is 17.8. The molecule has 2 heterocycles. The Bertz CT molecular complexity index is 1530. The van der Waals surface area contributed by atoms with Crippen molar-refractivity contribution in [2.24, 2.45) is 0 Å². The third-order valence-corrected chi connectivity index (χ3v) is 5.83. The number of halogens is 1. The van der Waals surface area contributed by atoms with Gasteiger partial charge < -0.3 is 0 Å². The Kier molecular flexibility index (Phi) is 4.62.